The molecule has 1 aromatic heterocycles. The quantitative estimate of drug-likeness (QED) is 0.474. The first kappa shape index (κ1) is 24.4. The van der Waals surface area contributed by atoms with Gasteiger partial charge in [-0.05, 0) is 54.6 Å². The van der Waals surface area contributed by atoms with Crippen LogP contribution in [0.1, 0.15) is 26.5 Å². The monoisotopic (exact) mass is 474 g/mol. The van der Waals surface area contributed by atoms with Crippen molar-refractivity contribution >= 4 is 34.8 Å². The Labute approximate surface area is 192 Å². The van der Waals surface area contributed by atoms with Crippen LogP contribution in [0.3, 0.4) is 0 Å². The van der Waals surface area contributed by atoms with Crippen molar-refractivity contribution in [2.75, 3.05) is 36.6 Å². The maximum Gasteiger partial charge on any atom is 0.418 e. The Morgan fingerprint density at radius 2 is 1.62 bits per heavy atom. The van der Waals surface area contributed by atoms with Gasteiger partial charge in [-0.3, -0.25) is 14.4 Å². The number of benzene rings is 2. The van der Waals surface area contributed by atoms with Crippen molar-refractivity contribution in [3.63, 3.8) is 0 Å². The summed E-state index contributed by atoms with van der Waals surface area (Å²) in [4.78, 5) is 37.6. The van der Waals surface area contributed by atoms with Gasteiger partial charge in [-0.2, -0.15) is 13.2 Å². The molecule has 3 N–H and O–H groups in total. The Hall–Kier alpha value is -4.28. The third-order valence-electron chi connectivity index (χ3n) is 4.59. The standard InChI is InChI=1S/C23H21F3N4O4/c1-30(2)22(33)14-5-7-15(8-6-14)28-20(31)13-27-18-10-9-16(12-17(18)23(24,25)26)29-21(32)19-4-3-11-34-19/h3-12,27H,13H2,1-2H3,(H,28,31)(H,29,32). The SMILES string of the molecule is CN(C)C(=O)c1ccc(NC(=O)CNc2ccc(NC(=O)c3ccco3)cc2C(F)(F)F)cc1. The first-order valence-corrected chi connectivity index (χ1v) is 9.96. The van der Waals surface area contributed by atoms with Crippen LogP contribution in [0.4, 0.5) is 30.2 Å². The minimum atomic E-state index is -4.74. The van der Waals surface area contributed by atoms with E-state index in [0.717, 1.165) is 12.1 Å². The number of carbonyl (C=O) groups excluding carboxylic acids is 3. The molecule has 0 aliphatic rings. The fourth-order valence-corrected chi connectivity index (χ4v) is 2.95. The van der Waals surface area contributed by atoms with Crippen LogP contribution in [-0.2, 0) is 11.0 Å². The smallest absolute Gasteiger partial charge is 0.418 e. The van der Waals surface area contributed by atoms with Crippen molar-refractivity contribution in [3.05, 3.63) is 77.7 Å². The number of carbonyl (C=O) groups is 3. The lowest BCUT2D eigenvalue weighted by molar-refractivity contribution is -0.137. The summed E-state index contributed by atoms with van der Waals surface area (Å²) in [5, 5.41) is 7.35. The zero-order valence-electron chi connectivity index (χ0n) is 18.2. The molecule has 0 saturated carbocycles. The van der Waals surface area contributed by atoms with Crippen LogP contribution in [0.5, 0.6) is 0 Å². The molecule has 0 spiro atoms. The number of furan rings is 1. The molecule has 0 unspecified atom stereocenters. The minimum Gasteiger partial charge on any atom is -0.459 e. The van der Waals surface area contributed by atoms with E-state index in [9.17, 15) is 27.6 Å². The maximum atomic E-state index is 13.6. The predicted octanol–water partition coefficient (Wildman–Crippen LogP) is 4.30. The molecule has 3 rings (SSSR count). The zero-order valence-corrected chi connectivity index (χ0v) is 18.2. The summed E-state index contributed by atoms with van der Waals surface area (Å²) >= 11 is 0. The van der Waals surface area contributed by atoms with Gasteiger partial charge in [-0.25, -0.2) is 0 Å². The number of nitrogens with one attached hydrogen (secondary N) is 3. The third kappa shape index (κ3) is 6.15. The van der Waals surface area contributed by atoms with Gasteiger partial charge in [0.05, 0.1) is 18.4 Å². The second-order valence-corrected chi connectivity index (χ2v) is 7.37. The van der Waals surface area contributed by atoms with Crippen LogP contribution in [0, 0.1) is 0 Å². The molecule has 0 bridgehead atoms. The van der Waals surface area contributed by atoms with Crippen LogP contribution in [0.15, 0.2) is 65.3 Å². The summed E-state index contributed by atoms with van der Waals surface area (Å²) in [6.07, 6.45) is -3.47. The summed E-state index contributed by atoms with van der Waals surface area (Å²) < 4.78 is 45.6. The molecule has 0 radical (unpaired) electrons. The number of hydrogen-bond acceptors (Lipinski definition) is 5. The van der Waals surface area contributed by atoms with Crippen molar-refractivity contribution in [3.8, 4) is 0 Å². The van der Waals surface area contributed by atoms with Crippen LogP contribution < -0.4 is 16.0 Å². The maximum absolute atomic E-state index is 13.6. The minimum absolute atomic E-state index is 0.0495. The lowest BCUT2D eigenvalue weighted by Gasteiger charge is -2.16. The highest BCUT2D eigenvalue weighted by molar-refractivity contribution is 6.02. The summed E-state index contributed by atoms with van der Waals surface area (Å²) in [6, 6.07) is 12.1. The summed E-state index contributed by atoms with van der Waals surface area (Å²) in [5.74, 6) is -1.54. The number of anilines is 3. The molecule has 0 aliphatic carbocycles. The van der Waals surface area contributed by atoms with Gasteiger partial charge in [-0.15, -0.1) is 0 Å². The number of hydrogen-bond donors (Lipinski definition) is 3. The Morgan fingerprint density at radius 1 is 0.941 bits per heavy atom. The highest BCUT2D eigenvalue weighted by Gasteiger charge is 2.34. The Balaban J connectivity index is 1.65. The van der Waals surface area contributed by atoms with E-state index in [2.05, 4.69) is 16.0 Å². The molecule has 2 aromatic carbocycles. The molecule has 0 aliphatic heterocycles. The van der Waals surface area contributed by atoms with E-state index in [0.29, 0.717) is 11.3 Å². The molecular weight excluding hydrogens is 453 g/mol. The van der Waals surface area contributed by atoms with Crippen molar-refractivity contribution in [1.29, 1.82) is 0 Å². The van der Waals surface area contributed by atoms with Crippen molar-refractivity contribution in [2.45, 2.75) is 6.18 Å². The summed E-state index contributed by atoms with van der Waals surface area (Å²) in [7, 11) is 3.22. The number of alkyl halides is 3. The van der Waals surface area contributed by atoms with Gasteiger partial charge in [0.15, 0.2) is 5.76 Å². The molecule has 11 heteroatoms. The second-order valence-electron chi connectivity index (χ2n) is 7.37. The number of nitrogens with zero attached hydrogens (tertiary/aromatic N) is 1. The van der Waals surface area contributed by atoms with Crippen molar-refractivity contribution in [1.82, 2.24) is 4.90 Å². The second kappa shape index (κ2) is 10.1. The Kier molecular flexibility index (Phi) is 7.24. The highest BCUT2D eigenvalue weighted by Crippen LogP contribution is 2.36. The zero-order chi connectivity index (χ0) is 24.9. The fourth-order valence-electron chi connectivity index (χ4n) is 2.95. The van der Waals surface area contributed by atoms with Gasteiger partial charge < -0.3 is 25.3 Å². The largest absolute Gasteiger partial charge is 0.459 e. The van der Waals surface area contributed by atoms with Gasteiger partial charge in [0, 0.05) is 36.7 Å². The van der Waals surface area contributed by atoms with Crippen LogP contribution in [0.25, 0.3) is 0 Å². The molecule has 3 aromatic rings. The van der Waals surface area contributed by atoms with E-state index in [1.54, 1.807) is 14.1 Å². The topological polar surface area (TPSA) is 104 Å². The van der Waals surface area contributed by atoms with E-state index in [1.165, 1.54) is 53.6 Å². The lowest BCUT2D eigenvalue weighted by atomic mass is 10.1. The fraction of sp³-hybridized carbons (Fsp3) is 0.174. The predicted molar refractivity (Wildman–Crippen MR) is 120 cm³/mol. The van der Waals surface area contributed by atoms with Crippen LogP contribution in [-0.4, -0.2) is 43.3 Å². The van der Waals surface area contributed by atoms with Crippen LogP contribution >= 0.6 is 0 Å². The normalized spacial score (nSPS) is 11.0. The summed E-state index contributed by atoms with van der Waals surface area (Å²) in [6.45, 7) is -0.445. The summed E-state index contributed by atoms with van der Waals surface area (Å²) in [5.41, 5.74) is -0.657. The molecule has 0 fully saturated rings. The first-order chi connectivity index (χ1) is 16.0. The number of halogens is 3. The average Bonchev–Trinajstić information content (AvgIpc) is 3.33. The number of amides is 3. The third-order valence-corrected chi connectivity index (χ3v) is 4.59. The Bertz CT molecular complexity index is 1170. The molecule has 178 valence electrons. The molecule has 3 amide bonds. The van der Waals surface area contributed by atoms with Crippen molar-refractivity contribution < 1.29 is 32.0 Å². The Morgan fingerprint density at radius 3 is 2.21 bits per heavy atom. The average molecular weight is 474 g/mol. The molecule has 0 atom stereocenters. The van der Waals surface area contributed by atoms with Gasteiger partial charge in [-0.1, -0.05) is 0 Å². The number of rotatable bonds is 7. The molecule has 1 heterocycles. The van der Waals surface area contributed by atoms with Crippen molar-refractivity contribution in [2.24, 2.45) is 0 Å². The lowest BCUT2D eigenvalue weighted by Crippen LogP contribution is -2.24. The van der Waals surface area contributed by atoms with E-state index in [4.69, 9.17) is 4.42 Å². The first-order valence-electron chi connectivity index (χ1n) is 9.96. The van der Waals surface area contributed by atoms with E-state index < -0.39 is 30.1 Å². The van der Waals surface area contributed by atoms with Gasteiger partial charge >= 0.3 is 6.18 Å². The molecule has 34 heavy (non-hydrogen) atoms. The van der Waals surface area contributed by atoms with E-state index in [1.807, 2.05) is 0 Å². The van der Waals surface area contributed by atoms with Gasteiger partial charge in [0.1, 0.15) is 0 Å². The van der Waals surface area contributed by atoms with E-state index >= 15 is 0 Å². The van der Waals surface area contributed by atoms with E-state index in [-0.39, 0.29) is 23.0 Å². The highest BCUT2D eigenvalue weighted by atomic mass is 19.4. The molecule has 0 saturated heterocycles. The van der Waals surface area contributed by atoms with Gasteiger partial charge in [0.25, 0.3) is 11.8 Å². The molecule has 8 nitrogen and oxygen atoms in total. The van der Waals surface area contributed by atoms with Gasteiger partial charge in [0.2, 0.25) is 5.91 Å². The molecular formula is C23H21F3N4O4. The van der Waals surface area contributed by atoms with Crippen LogP contribution in [0.2, 0.25) is 0 Å².